The lowest BCUT2D eigenvalue weighted by Crippen LogP contribution is -2.48. The van der Waals surface area contributed by atoms with Crippen molar-refractivity contribution in [1.82, 2.24) is 10.2 Å². The van der Waals surface area contributed by atoms with Crippen LogP contribution < -0.4 is 5.32 Å². The summed E-state index contributed by atoms with van der Waals surface area (Å²) in [4.78, 5) is 26.8. The molecule has 4 nitrogen and oxygen atoms in total. The predicted molar refractivity (Wildman–Crippen MR) is 93.2 cm³/mol. The molecule has 1 aromatic carbocycles. The molecule has 1 atom stereocenters. The Morgan fingerprint density at radius 3 is 2.79 bits per heavy atom. The first-order chi connectivity index (χ1) is 11.6. The minimum absolute atomic E-state index is 0.0382. The van der Waals surface area contributed by atoms with Gasteiger partial charge in [-0.1, -0.05) is 30.5 Å². The van der Waals surface area contributed by atoms with E-state index in [-0.39, 0.29) is 29.3 Å². The van der Waals surface area contributed by atoms with Crippen LogP contribution in [0.5, 0.6) is 0 Å². The van der Waals surface area contributed by atoms with E-state index in [2.05, 4.69) is 5.32 Å². The molecule has 130 valence electrons. The van der Waals surface area contributed by atoms with Gasteiger partial charge in [-0.25, -0.2) is 4.39 Å². The van der Waals surface area contributed by atoms with Crippen LogP contribution in [-0.4, -0.2) is 34.4 Å². The van der Waals surface area contributed by atoms with Crippen molar-refractivity contribution in [3.63, 3.8) is 0 Å². The summed E-state index contributed by atoms with van der Waals surface area (Å²) in [5.74, 6) is 0.751. The normalized spacial score (nSPS) is 21.2. The van der Waals surface area contributed by atoms with Crippen LogP contribution in [0, 0.1) is 11.7 Å². The number of nitrogens with one attached hydrogen (secondary N) is 1. The molecule has 0 radical (unpaired) electrons. The lowest BCUT2D eigenvalue weighted by atomic mass is 10.1. The summed E-state index contributed by atoms with van der Waals surface area (Å²) >= 11 is 7.36. The molecule has 0 bridgehead atoms. The Hall–Kier alpha value is -1.27. The predicted octanol–water partition coefficient (Wildman–Crippen LogP) is 3.19. The molecule has 1 saturated carbocycles. The van der Waals surface area contributed by atoms with Crippen LogP contribution in [0.15, 0.2) is 18.2 Å². The summed E-state index contributed by atoms with van der Waals surface area (Å²) < 4.78 is 13.2. The molecule has 1 aliphatic heterocycles. The van der Waals surface area contributed by atoms with Gasteiger partial charge in [0.1, 0.15) is 11.9 Å². The van der Waals surface area contributed by atoms with Gasteiger partial charge in [-0.2, -0.15) is 0 Å². The minimum atomic E-state index is -0.479. The van der Waals surface area contributed by atoms with Gasteiger partial charge in [-0.05, 0) is 30.5 Å². The molecule has 1 aliphatic carbocycles. The number of nitrogens with zero attached hydrogens (tertiary/aromatic N) is 1. The molecule has 1 unspecified atom stereocenters. The molecule has 2 amide bonds. The van der Waals surface area contributed by atoms with Gasteiger partial charge in [0.2, 0.25) is 11.8 Å². The highest BCUT2D eigenvalue weighted by atomic mass is 35.5. The number of rotatable bonds is 4. The van der Waals surface area contributed by atoms with Crippen molar-refractivity contribution >= 4 is 35.2 Å². The van der Waals surface area contributed by atoms with Crippen molar-refractivity contribution in [3.8, 4) is 0 Å². The van der Waals surface area contributed by atoms with Crippen molar-refractivity contribution < 1.29 is 14.0 Å². The number of carbonyl (C=O) groups is 2. The smallest absolute Gasteiger partial charge is 0.243 e. The van der Waals surface area contributed by atoms with E-state index in [0.29, 0.717) is 11.6 Å². The first kappa shape index (κ1) is 17.5. The monoisotopic (exact) mass is 370 g/mol. The molecule has 1 N–H and O–H groups in total. The molecular weight excluding hydrogens is 351 g/mol. The molecule has 24 heavy (non-hydrogen) atoms. The molecule has 2 aliphatic rings. The van der Waals surface area contributed by atoms with Gasteiger partial charge in [-0.3, -0.25) is 9.59 Å². The minimum Gasteiger partial charge on any atom is -0.350 e. The van der Waals surface area contributed by atoms with Gasteiger partial charge >= 0.3 is 0 Å². The molecule has 0 aromatic heterocycles. The van der Waals surface area contributed by atoms with Gasteiger partial charge in [0.25, 0.3) is 0 Å². The van der Waals surface area contributed by atoms with Crippen molar-refractivity contribution in [1.29, 1.82) is 0 Å². The summed E-state index contributed by atoms with van der Waals surface area (Å²) in [5, 5.41) is 2.87. The second kappa shape index (κ2) is 7.74. The Morgan fingerprint density at radius 2 is 2.08 bits per heavy atom. The number of thioether (sulfide) groups is 1. The molecule has 7 heteroatoms. The van der Waals surface area contributed by atoms with E-state index in [9.17, 15) is 14.0 Å². The van der Waals surface area contributed by atoms with Crippen LogP contribution in [0.3, 0.4) is 0 Å². The number of benzene rings is 1. The van der Waals surface area contributed by atoms with Gasteiger partial charge in [0.05, 0.1) is 10.9 Å². The molecule has 1 heterocycles. The highest BCUT2D eigenvalue weighted by molar-refractivity contribution is 7.99. The Bertz CT molecular complexity index is 637. The fourth-order valence-electron chi connectivity index (χ4n) is 3.24. The van der Waals surface area contributed by atoms with Gasteiger partial charge in [-0.15, -0.1) is 11.8 Å². The second-order valence-corrected chi connectivity index (χ2v) is 7.68. The molecule has 0 spiro atoms. The van der Waals surface area contributed by atoms with Crippen LogP contribution in [0.25, 0.3) is 0 Å². The summed E-state index contributed by atoms with van der Waals surface area (Å²) in [6, 6.07) is 3.96. The van der Waals surface area contributed by atoms with Crippen LogP contribution in [0.2, 0.25) is 5.02 Å². The first-order valence-corrected chi connectivity index (χ1v) is 9.69. The lowest BCUT2D eigenvalue weighted by molar-refractivity contribution is -0.141. The number of amides is 2. The molecule has 1 saturated heterocycles. The van der Waals surface area contributed by atoms with Gasteiger partial charge in [0, 0.05) is 18.2 Å². The summed E-state index contributed by atoms with van der Waals surface area (Å²) in [6.45, 7) is 0.269. The zero-order chi connectivity index (χ0) is 17.1. The third kappa shape index (κ3) is 3.86. The number of hydrogen-bond acceptors (Lipinski definition) is 3. The van der Waals surface area contributed by atoms with E-state index in [0.717, 1.165) is 31.2 Å². The Labute approximate surface area is 150 Å². The van der Waals surface area contributed by atoms with Gasteiger partial charge in [0.15, 0.2) is 0 Å². The fraction of sp³-hybridized carbons (Fsp3) is 0.529. The Morgan fingerprint density at radius 1 is 1.33 bits per heavy atom. The van der Waals surface area contributed by atoms with Crippen molar-refractivity contribution in [3.05, 3.63) is 34.6 Å². The van der Waals surface area contributed by atoms with E-state index in [4.69, 9.17) is 11.6 Å². The lowest BCUT2D eigenvalue weighted by Gasteiger charge is -2.25. The number of hydrogen-bond donors (Lipinski definition) is 1. The SMILES string of the molecule is O=C(NCc1ccc(F)c(Cl)c1)C1CSCN1C(=O)C1CCCC1. The van der Waals surface area contributed by atoms with Crippen LogP contribution in [0.4, 0.5) is 4.39 Å². The van der Waals surface area contributed by atoms with E-state index < -0.39 is 11.9 Å². The summed E-state index contributed by atoms with van der Waals surface area (Å²) in [6.07, 6.45) is 4.06. The second-order valence-electron chi connectivity index (χ2n) is 6.27. The zero-order valence-electron chi connectivity index (χ0n) is 13.3. The highest BCUT2D eigenvalue weighted by Gasteiger charge is 2.38. The molecule has 1 aromatic rings. The van der Waals surface area contributed by atoms with Crippen LogP contribution >= 0.6 is 23.4 Å². The van der Waals surface area contributed by atoms with Crippen molar-refractivity contribution in [2.24, 2.45) is 5.92 Å². The van der Waals surface area contributed by atoms with Crippen molar-refractivity contribution in [2.45, 2.75) is 38.3 Å². The number of carbonyl (C=O) groups excluding carboxylic acids is 2. The summed E-state index contributed by atoms with van der Waals surface area (Å²) in [5.41, 5.74) is 0.731. The Balaban J connectivity index is 1.58. The van der Waals surface area contributed by atoms with E-state index in [1.54, 1.807) is 22.7 Å². The fourth-order valence-corrected chi connectivity index (χ4v) is 4.61. The largest absolute Gasteiger partial charge is 0.350 e. The average Bonchev–Trinajstić information content (AvgIpc) is 3.26. The van der Waals surface area contributed by atoms with Crippen LogP contribution in [0.1, 0.15) is 31.2 Å². The van der Waals surface area contributed by atoms with Crippen molar-refractivity contribution in [2.75, 3.05) is 11.6 Å². The molecular formula is C17H20ClFN2O2S. The third-order valence-electron chi connectivity index (χ3n) is 4.62. The number of halogens is 2. The van der Waals surface area contributed by atoms with Gasteiger partial charge < -0.3 is 10.2 Å². The van der Waals surface area contributed by atoms with E-state index >= 15 is 0 Å². The topological polar surface area (TPSA) is 49.4 Å². The van der Waals surface area contributed by atoms with E-state index in [1.165, 1.54) is 12.1 Å². The quantitative estimate of drug-likeness (QED) is 0.885. The highest BCUT2D eigenvalue weighted by Crippen LogP contribution is 2.30. The standard InChI is InChI=1S/C17H20ClFN2O2S/c18-13-7-11(5-6-14(13)19)8-20-16(22)15-9-24-10-21(15)17(23)12-3-1-2-4-12/h5-7,12,15H,1-4,8-10H2,(H,20,22). The first-order valence-electron chi connectivity index (χ1n) is 8.16. The van der Waals surface area contributed by atoms with Crippen LogP contribution in [-0.2, 0) is 16.1 Å². The zero-order valence-corrected chi connectivity index (χ0v) is 14.8. The average molecular weight is 371 g/mol. The maximum absolute atomic E-state index is 13.2. The van der Waals surface area contributed by atoms with E-state index in [1.807, 2.05) is 0 Å². The molecule has 2 fully saturated rings. The maximum Gasteiger partial charge on any atom is 0.243 e. The molecule has 3 rings (SSSR count). The maximum atomic E-state index is 13.2. The summed E-state index contributed by atoms with van der Waals surface area (Å²) in [7, 11) is 0. The Kier molecular flexibility index (Phi) is 5.66. The third-order valence-corrected chi connectivity index (χ3v) is 5.93.